The van der Waals surface area contributed by atoms with Crippen molar-refractivity contribution in [2.45, 2.75) is 19.1 Å². The lowest BCUT2D eigenvalue weighted by Gasteiger charge is -2.24. The second-order valence-corrected chi connectivity index (χ2v) is 12.7. The summed E-state index contributed by atoms with van der Waals surface area (Å²) in [5.74, 6) is -1.04. The van der Waals surface area contributed by atoms with Crippen LogP contribution < -0.4 is 9.62 Å². The molecule has 1 N–H and O–H groups in total. The maximum Gasteiger partial charge on any atom is 0.255 e. The van der Waals surface area contributed by atoms with E-state index in [0.717, 1.165) is 16.8 Å². The van der Waals surface area contributed by atoms with Gasteiger partial charge in [0.25, 0.3) is 5.91 Å². The van der Waals surface area contributed by atoms with Crippen molar-refractivity contribution in [3.8, 4) is 11.3 Å². The lowest BCUT2D eigenvalue weighted by Crippen LogP contribution is -2.39. The molecule has 1 amide bonds. The van der Waals surface area contributed by atoms with Crippen LogP contribution in [-0.4, -0.2) is 60.7 Å². The second-order valence-electron chi connectivity index (χ2n) is 8.59. The normalized spacial score (nSPS) is 18.8. The first-order valence-electron chi connectivity index (χ1n) is 10.7. The topological polar surface area (TPSA) is 123 Å². The van der Waals surface area contributed by atoms with Crippen LogP contribution in [0.2, 0.25) is 0 Å². The first-order valence-corrected chi connectivity index (χ1v) is 14.6. The SMILES string of the molecule is CNC(=O)c1c(-c2ccc(F)cc2)oc2cc3c(cc12)C(C)OC(CS(C)(=O)=O)CN3S(C)(=O)=O. The Balaban J connectivity index is 1.96. The predicted octanol–water partition coefficient (Wildman–Crippen LogP) is 2.87. The number of sulfone groups is 1. The van der Waals surface area contributed by atoms with Crippen molar-refractivity contribution in [2.24, 2.45) is 0 Å². The number of ether oxygens (including phenoxy) is 1. The predicted molar refractivity (Wildman–Crippen MR) is 130 cm³/mol. The zero-order valence-corrected chi connectivity index (χ0v) is 21.2. The van der Waals surface area contributed by atoms with Gasteiger partial charge in [-0.3, -0.25) is 9.10 Å². The van der Waals surface area contributed by atoms with Gasteiger partial charge in [-0.25, -0.2) is 21.2 Å². The smallest absolute Gasteiger partial charge is 0.255 e. The standard InChI is InChI=1S/C23H25FN2O7S2/c1-13-17-9-18-20(33-22(21(18)23(27)25-2)14-5-7-15(24)8-6-14)10-19(17)26(35(4,30)31)11-16(32-13)12-34(3,28)29/h5-10,13,16H,11-12H2,1-4H3,(H,25,27). The molecule has 2 heterocycles. The van der Waals surface area contributed by atoms with Gasteiger partial charge >= 0.3 is 0 Å². The molecule has 12 heteroatoms. The number of amides is 1. The van der Waals surface area contributed by atoms with Crippen LogP contribution in [0.5, 0.6) is 0 Å². The number of nitrogens with one attached hydrogen (secondary N) is 1. The van der Waals surface area contributed by atoms with E-state index in [1.807, 2.05) is 0 Å². The molecule has 4 rings (SSSR count). The summed E-state index contributed by atoms with van der Waals surface area (Å²) in [5.41, 5.74) is 1.63. The number of fused-ring (bicyclic) bond motifs is 2. The molecule has 0 spiro atoms. The summed E-state index contributed by atoms with van der Waals surface area (Å²) < 4.78 is 75.8. The minimum atomic E-state index is -3.83. The molecule has 3 aromatic rings. The Labute approximate surface area is 202 Å². The van der Waals surface area contributed by atoms with Gasteiger partial charge in [-0.2, -0.15) is 0 Å². The third kappa shape index (κ3) is 5.04. The van der Waals surface area contributed by atoms with Gasteiger partial charge in [0.2, 0.25) is 10.0 Å². The summed E-state index contributed by atoms with van der Waals surface area (Å²) in [6, 6.07) is 8.58. The Morgan fingerprint density at radius 3 is 2.37 bits per heavy atom. The zero-order valence-electron chi connectivity index (χ0n) is 19.5. The quantitative estimate of drug-likeness (QED) is 0.544. The number of furan rings is 1. The van der Waals surface area contributed by atoms with E-state index in [4.69, 9.17) is 9.15 Å². The van der Waals surface area contributed by atoms with E-state index in [9.17, 15) is 26.0 Å². The van der Waals surface area contributed by atoms with Crippen LogP contribution in [0.1, 0.15) is 28.9 Å². The number of sulfonamides is 1. The number of hydrogen-bond acceptors (Lipinski definition) is 7. The molecule has 0 saturated carbocycles. The first kappa shape index (κ1) is 25.1. The number of halogens is 1. The molecule has 2 aromatic carbocycles. The summed E-state index contributed by atoms with van der Waals surface area (Å²) in [4.78, 5) is 12.9. The highest BCUT2D eigenvalue weighted by Crippen LogP contribution is 2.42. The Bertz CT molecular complexity index is 1510. The summed E-state index contributed by atoms with van der Waals surface area (Å²) in [6.07, 6.45) is 0.497. The summed E-state index contributed by atoms with van der Waals surface area (Å²) >= 11 is 0. The van der Waals surface area contributed by atoms with Crippen LogP contribution in [0, 0.1) is 5.82 Å². The van der Waals surface area contributed by atoms with Crippen molar-refractivity contribution in [2.75, 3.05) is 36.2 Å². The summed E-state index contributed by atoms with van der Waals surface area (Å²) in [5, 5.41) is 2.98. The van der Waals surface area contributed by atoms with Crippen molar-refractivity contribution >= 4 is 42.4 Å². The molecular formula is C23H25FN2O7S2. The number of benzene rings is 2. The Kier molecular flexibility index (Phi) is 6.41. The lowest BCUT2D eigenvalue weighted by molar-refractivity contribution is 0.0193. The van der Waals surface area contributed by atoms with Gasteiger partial charge < -0.3 is 14.5 Å². The van der Waals surface area contributed by atoms with Gasteiger partial charge in [-0.15, -0.1) is 0 Å². The number of anilines is 1. The molecule has 0 radical (unpaired) electrons. The van der Waals surface area contributed by atoms with Gasteiger partial charge in [-0.1, -0.05) is 0 Å². The number of rotatable bonds is 5. The van der Waals surface area contributed by atoms with Crippen LogP contribution >= 0.6 is 0 Å². The average molecular weight is 525 g/mol. The largest absolute Gasteiger partial charge is 0.455 e. The van der Waals surface area contributed by atoms with Crippen LogP contribution in [0.15, 0.2) is 40.8 Å². The number of nitrogens with zero attached hydrogens (tertiary/aromatic N) is 1. The third-order valence-electron chi connectivity index (χ3n) is 5.76. The molecule has 0 fully saturated rings. The number of carbonyl (C=O) groups is 1. The first-order chi connectivity index (χ1) is 16.3. The fourth-order valence-electron chi connectivity index (χ4n) is 4.28. The molecule has 0 aliphatic carbocycles. The van der Waals surface area contributed by atoms with E-state index in [-0.39, 0.29) is 34.9 Å². The lowest BCUT2D eigenvalue weighted by atomic mass is 10.0. The van der Waals surface area contributed by atoms with Gasteiger partial charge in [0.15, 0.2) is 0 Å². The minimum Gasteiger partial charge on any atom is -0.455 e. The number of carbonyl (C=O) groups excluding carboxylic acids is 1. The highest BCUT2D eigenvalue weighted by molar-refractivity contribution is 7.92. The van der Waals surface area contributed by atoms with E-state index in [0.29, 0.717) is 16.5 Å². The van der Waals surface area contributed by atoms with Crippen molar-refractivity contribution in [3.63, 3.8) is 0 Å². The Morgan fingerprint density at radius 1 is 1.14 bits per heavy atom. The molecule has 0 saturated heterocycles. The van der Waals surface area contributed by atoms with Crippen LogP contribution in [0.4, 0.5) is 10.1 Å². The van der Waals surface area contributed by atoms with Crippen LogP contribution in [-0.2, 0) is 24.6 Å². The molecule has 1 aliphatic heterocycles. The van der Waals surface area contributed by atoms with Crippen molar-refractivity contribution in [3.05, 3.63) is 53.3 Å². The van der Waals surface area contributed by atoms with Crippen molar-refractivity contribution in [1.82, 2.24) is 5.32 Å². The maximum atomic E-state index is 13.5. The molecule has 2 atom stereocenters. The molecule has 0 bridgehead atoms. The Hall–Kier alpha value is -2.96. The van der Waals surface area contributed by atoms with Crippen molar-refractivity contribution in [1.29, 1.82) is 0 Å². The highest BCUT2D eigenvalue weighted by Gasteiger charge is 2.35. The average Bonchev–Trinajstić information content (AvgIpc) is 3.06. The third-order valence-corrected chi connectivity index (χ3v) is 7.88. The van der Waals surface area contributed by atoms with Gasteiger partial charge in [0.05, 0.1) is 42.0 Å². The van der Waals surface area contributed by atoms with Gasteiger partial charge in [0, 0.05) is 35.9 Å². The minimum absolute atomic E-state index is 0.201. The fourth-order valence-corrected chi connectivity index (χ4v) is 6.09. The Morgan fingerprint density at radius 2 is 1.80 bits per heavy atom. The molecular weight excluding hydrogens is 499 g/mol. The molecule has 1 aromatic heterocycles. The van der Waals surface area contributed by atoms with Crippen molar-refractivity contribution < 1.29 is 35.2 Å². The van der Waals surface area contributed by atoms with Gasteiger partial charge in [0.1, 0.15) is 27.0 Å². The van der Waals surface area contributed by atoms with E-state index < -0.39 is 43.8 Å². The molecule has 188 valence electrons. The van der Waals surface area contributed by atoms with E-state index in [1.165, 1.54) is 37.4 Å². The second kappa shape index (κ2) is 8.92. The van der Waals surface area contributed by atoms with Crippen LogP contribution in [0.3, 0.4) is 0 Å². The number of hydrogen-bond donors (Lipinski definition) is 1. The maximum absolute atomic E-state index is 13.5. The monoisotopic (exact) mass is 524 g/mol. The summed E-state index contributed by atoms with van der Waals surface area (Å²) in [6.45, 7) is 1.48. The zero-order chi connectivity index (χ0) is 25.7. The molecule has 35 heavy (non-hydrogen) atoms. The molecule has 1 aliphatic rings. The summed E-state index contributed by atoms with van der Waals surface area (Å²) in [7, 11) is -5.82. The van der Waals surface area contributed by atoms with E-state index >= 15 is 0 Å². The fraction of sp³-hybridized carbons (Fsp3) is 0.348. The molecule has 9 nitrogen and oxygen atoms in total. The molecule has 2 unspecified atom stereocenters. The van der Waals surface area contributed by atoms with E-state index in [1.54, 1.807) is 13.0 Å². The highest BCUT2D eigenvalue weighted by atomic mass is 32.2. The van der Waals surface area contributed by atoms with E-state index in [2.05, 4.69) is 5.32 Å². The van der Waals surface area contributed by atoms with Crippen LogP contribution in [0.25, 0.3) is 22.3 Å². The van der Waals surface area contributed by atoms with Gasteiger partial charge in [-0.05, 0) is 37.3 Å².